The highest BCUT2D eigenvalue weighted by molar-refractivity contribution is 6.47. The van der Waals surface area contributed by atoms with Gasteiger partial charge < -0.3 is 8.85 Å². The van der Waals surface area contributed by atoms with Crippen molar-refractivity contribution in [3.63, 3.8) is 0 Å². The largest absolute Gasteiger partial charge is 0.396 e. The maximum absolute atomic E-state index is 5.52. The molecule has 0 saturated carbocycles. The molecule has 0 radical (unpaired) electrons. The zero-order chi connectivity index (χ0) is 6.10. The minimum absolute atomic E-state index is 0.860. The van der Waals surface area contributed by atoms with Crippen LogP contribution in [0.1, 0.15) is 19.3 Å². The summed E-state index contributed by atoms with van der Waals surface area (Å²) in [5.41, 5.74) is 0.860. The summed E-state index contributed by atoms with van der Waals surface area (Å²) in [4.78, 5) is 0. The van der Waals surface area contributed by atoms with E-state index in [0.29, 0.717) is 0 Å². The highest BCUT2D eigenvalue weighted by Gasteiger charge is 2.33. The van der Waals surface area contributed by atoms with Crippen LogP contribution >= 0.6 is 0 Å². The number of rotatable bonds is 0. The molecule has 9 heavy (non-hydrogen) atoms. The predicted molar refractivity (Wildman–Crippen MR) is 36.7 cm³/mol. The van der Waals surface area contributed by atoms with E-state index in [1.807, 2.05) is 0 Å². The summed E-state index contributed by atoms with van der Waals surface area (Å²) in [7, 11) is -1.09. The SMILES string of the molecule is C1CO[SiH]2OCCC2C1. The number of fused-ring (bicyclic) bond motifs is 1. The van der Waals surface area contributed by atoms with Crippen molar-refractivity contribution in [2.75, 3.05) is 13.2 Å². The van der Waals surface area contributed by atoms with Gasteiger partial charge in [0.2, 0.25) is 0 Å². The van der Waals surface area contributed by atoms with Gasteiger partial charge in [-0.2, -0.15) is 0 Å². The summed E-state index contributed by atoms with van der Waals surface area (Å²) in [6.45, 7) is 1.94. The van der Waals surface area contributed by atoms with Crippen molar-refractivity contribution in [3.8, 4) is 0 Å². The second-order valence-electron chi connectivity index (χ2n) is 2.80. The summed E-state index contributed by atoms with van der Waals surface area (Å²) in [5, 5.41) is 0. The van der Waals surface area contributed by atoms with Crippen molar-refractivity contribution in [1.82, 2.24) is 0 Å². The normalized spacial score (nSPS) is 42.7. The Morgan fingerprint density at radius 2 is 2.00 bits per heavy atom. The van der Waals surface area contributed by atoms with Gasteiger partial charge in [0.25, 0.3) is 0 Å². The van der Waals surface area contributed by atoms with E-state index in [-0.39, 0.29) is 0 Å². The van der Waals surface area contributed by atoms with Crippen molar-refractivity contribution >= 4 is 9.28 Å². The van der Waals surface area contributed by atoms with Crippen molar-refractivity contribution < 1.29 is 8.85 Å². The first-order valence-corrected chi connectivity index (χ1v) is 5.31. The smallest absolute Gasteiger partial charge is 0.324 e. The van der Waals surface area contributed by atoms with E-state index in [0.717, 1.165) is 18.8 Å². The Bertz CT molecular complexity index is 95.2. The molecular formula is C6H12O2Si. The minimum Gasteiger partial charge on any atom is -0.396 e. The second kappa shape index (κ2) is 2.40. The van der Waals surface area contributed by atoms with E-state index in [9.17, 15) is 0 Å². The lowest BCUT2D eigenvalue weighted by molar-refractivity contribution is 0.204. The van der Waals surface area contributed by atoms with Crippen LogP contribution in [0.4, 0.5) is 0 Å². The van der Waals surface area contributed by atoms with Crippen LogP contribution in [0.3, 0.4) is 0 Å². The fourth-order valence-electron chi connectivity index (χ4n) is 1.62. The molecule has 0 bridgehead atoms. The fourth-order valence-corrected chi connectivity index (χ4v) is 3.94. The lowest BCUT2D eigenvalue weighted by atomic mass is 10.2. The van der Waals surface area contributed by atoms with Gasteiger partial charge in [-0.15, -0.1) is 0 Å². The highest BCUT2D eigenvalue weighted by Crippen LogP contribution is 2.32. The minimum atomic E-state index is -1.09. The first-order chi connectivity index (χ1) is 4.47. The van der Waals surface area contributed by atoms with Crippen LogP contribution in [0.15, 0.2) is 0 Å². The molecule has 0 aromatic rings. The summed E-state index contributed by atoms with van der Waals surface area (Å²) in [6.07, 6.45) is 3.91. The van der Waals surface area contributed by atoms with Crippen LogP contribution in [0.25, 0.3) is 0 Å². The average Bonchev–Trinajstić information content (AvgIpc) is 2.33. The Morgan fingerprint density at radius 1 is 1.11 bits per heavy atom. The molecule has 0 aliphatic carbocycles. The predicted octanol–water partition coefficient (Wildman–Crippen LogP) is 0.808. The molecule has 0 N–H and O–H groups in total. The zero-order valence-electron chi connectivity index (χ0n) is 5.51. The topological polar surface area (TPSA) is 18.5 Å². The highest BCUT2D eigenvalue weighted by atomic mass is 28.3. The van der Waals surface area contributed by atoms with Crippen LogP contribution in [-0.2, 0) is 8.85 Å². The average molecular weight is 144 g/mol. The van der Waals surface area contributed by atoms with Gasteiger partial charge in [-0.05, 0) is 19.3 Å². The lowest BCUT2D eigenvalue weighted by Gasteiger charge is -2.21. The zero-order valence-corrected chi connectivity index (χ0v) is 6.66. The van der Waals surface area contributed by atoms with Crippen molar-refractivity contribution in [2.45, 2.75) is 24.8 Å². The molecule has 2 aliphatic heterocycles. The Hall–Kier alpha value is 0.137. The molecule has 2 fully saturated rings. The van der Waals surface area contributed by atoms with Gasteiger partial charge in [0.1, 0.15) is 0 Å². The van der Waals surface area contributed by atoms with Crippen molar-refractivity contribution in [3.05, 3.63) is 0 Å². The van der Waals surface area contributed by atoms with E-state index >= 15 is 0 Å². The third-order valence-corrected chi connectivity index (χ3v) is 4.72. The van der Waals surface area contributed by atoms with E-state index < -0.39 is 9.28 Å². The van der Waals surface area contributed by atoms with E-state index in [4.69, 9.17) is 8.85 Å². The standard InChI is InChI=1S/C6H12O2Si/c1-2-6-3-5-8-9(6)7-4-1/h6,9H,1-5H2. The molecule has 0 amide bonds. The van der Waals surface area contributed by atoms with Crippen LogP contribution in [0, 0.1) is 0 Å². The third-order valence-electron chi connectivity index (χ3n) is 2.16. The molecule has 0 aromatic heterocycles. The van der Waals surface area contributed by atoms with E-state index in [1.54, 1.807) is 0 Å². The number of hydrogen-bond acceptors (Lipinski definition) is 2. The molecule has 2 atom stereocenters. The molecule has 52 valence electrons. The molecule has 2 heterocycles. The van der Waals surface area contributed by atoms with Gasteiger partial charge in [-0.25, -0.2) is 0 Å². The Labute approximate surface area is 57.0 Å². The van der Waals surface area contributed by atoms with Gasteiger partial charge >= 0.3 is 9.28 Å². The van der Waals surface area contributed by atoms with E-state index in [2.05, 4.69) is 0 Å². The molecule has 2 rings (SSSR count). The molecular weight excluding hydrogens is 132 g/mol. The summed E-state index contributed by atoms with van der Waals surface area (Å²) in [5.74, 6) is 0. The first kappa shape index (κ1) is 5.89. The molecule has 2 saturated heterocycles. The van der Waals surface area contributed by atoms with Gasteiger partial charge in [-0.3, -0.25) is 0 Å². The molecule has 0 spiro atoms. The quantitative estimate of drug-likeness (QED) is 0.468. The Balaban J connectivity index is 1.97. The molecule has 2 aliphatic rings. The maximum Gasteiger partial charge on any atom is 0.324 e. The Kier molecular flexibility index (Phi) is 1.57. The van der Waals surface area contributed by atoms with Gasteiger partial charge in [0.05, 0.1) is 0 Å². The van der Waals surface area contributed by atoms with Crippen LogP contribution in [-0.4, -0.2) is 22.5 Å². The molecule has 3 heteroatoms. The fraction of sp³-hybridized carbons (Fsp3) is 1.00. The molecule has 2 nitrogen and oxygen atoms in total. The Morgan fingerprint density at radius 3 is 2.89 bits per heavy atom. The monoisotopic (exact) mass is 144 g/mol. The molecule has 2 unspecified atom stereocenters. The van der Waals surface area contributed by atoms with Gasteiger partial charge in [0.15, 0.2) is 0 Å². The van der Waals surface area contributed by atoms with Gasteiger partial charge in [-0.1, -0.05) is 0 Å². The van der Waals surface area contributed by atoms with Crippen LogP contribution in [0.2, 0.25) is 5.54 Å². The lowest BCUT2D eigenvalue weighted by Crippen LogP contribution is -2.27. The van der Waals surface area contributed by atoms with Crippen molar-refractivity contribution in [2.24, 2.45) is 0 Å². The van der Waals surface area contributed by atoms with Gasteiger partial charge in [0, 0.05) is 18.8 Å². The van der Waals surface area contributed by atoms with Crippen LogP contribution in [0.5, 0.6) is 0 Å². The third kappa shape index (κ3) is 1.04. The number of hydrogen-bond donors (Lipinski definition) is 0. The molecule has 0 aromatic carbocycles. The maximum atomic E-state index is 5.52. The summed E-state index contributed by atoms with van der Waals surface area (Å²) in [6, 6.07) is 0. The van der Waals surface area contributed by atoms with E-state index in [1.165, 1.54) is 19.3 Å². The second-order valence-corrected chi connectivity index (χ2v) is 5.15. The van der Waals surface area contributed by atoms with Crippen LogP contribution < -0.4 is 0 Å². The summed E-state index contributed by atoms with van der Waals surface area (Å²) >= 11 is 0. The summed E-state index contributed by atoms with van der Waals surface area (Å²) < 4.78 is 11.0. The van der Waals surface area contributed by atoms with Crippen molar-refractivity contribution in [1.29, 1.82) is 0 Å². The first-order valence-electron chi connectivity index (χ1n) is 3.70.